The molecule has 1 unspecified atom stereocenters. The third-order valence-electron chi connectivity index (χ3n) is 2.65. The molecule has 8 heteroatoms. The number of hydrogen-bond acceptors (Lipinski definition) is 5. The zero-order chi connectivity index (χ0) is 15.3. The number of nitro groups is 1. The van der Waals surface area contributed by atoms with Gasteiger partial charge in [-0.2, -0.15) is 0 Å². The Bertz CT molecular complexity index is 547. The fraction of sp³-hybridized carbons (Fsp3) is 0.333. The minimum atomic E-state index is -0.671. The molecular weight excluding hydrogens is 332 g/mol. The molecule has 1 amide bonds. The van der Waals surface area contributed by atoms with Crippen molar-refractivity contribution in [2.24, 2.45) is 0 Å². The summed E-state index contributed by atoms with van der Waals surface area (Å²) in [7, 11) is 1.24. The van der Waals surface area contributed by atoms with Crippen LogP contribution >= 0.6 is 15.9 Å². The molecule has 1 aromatic rings. The molecule has 7 nitrogen and oxygen atoms in total. The summed E-state index contributed by atoms with van der Waals surface area (Å²) < 4.78 is 4.50. The van der Waals surface area contributed by atoms with Crippen molar-refractivity contribution in [1.82, 2.24) is 5.32 Å². The molecule has 0 aromatic heterocycles. The van der Waals surface area contributed by atoms with Crippen LogP contribution in [0.4, 0.5) is 5.69 Å². The molecule has 0 aliphatic heterocycles. The smallest absolute Gasteiger partial charge is 0.321 e. The molecule has 1 aromatic carbocycles. The van der Waals surface area contributed by atoms with Crippen molar-refractivity contribution in [3.05, 3.63) is 39.4 Å². The second-order valence-electron chi connectivity index (χ2n) is 3.91. The van der Waals surface area contributed by atoms with Crippen molar-refractivity contribution in [3.63, 3.8) is 0 Å². The molecule has 0 saturated carbocycles. The Balaban J connectivity index is 2.81. The summed E-state index contributed by atoms with van der Waals surface area (Å²) in [6.45, 7) is 1.52. The van der Waals surface area contributed by atoms with Crippen LogP contribution in [0.2, 0.25) is 0 Å². The molecule has 1 atom stereocenters. The molecule has 108 valence electrons. The van der Waals surface area contributed by atoms with E-state index in [4.69, 9.17) is 0 Å². The highest BCUT2D eigenvalue weighted by molar-refractivity contribution is 9.10. The monoisotopic (exact) mass is 344 g/mol. The zero-order valence-corrected chi connectivity index (χ0v) is 12.5. The summed E-state index contributed by atoms with van der Waals surface area (Å²) in [6.07, 6.45) is 0. The van der Waals surface area contributed by atoms with Crippen LogP contribution in [0.3, 0.4) is 0 Å². The zero-order valence-electron chi connectivity index (χ0n) is 10.9. The topological polar surface area (TPSA) is 98.5 Å². The summed E-state index contributed by atoms with van der Waals surface area (Å²) in [5, 5.41) is 13.3. The quantitative estimate of drug-likeness (QED) is 0.378. The molecule has 0 saturated heterocycles. The molecule has 20 heavy (non-hydrogen) atoms. The summed E-state index contributed by atoms with van der Waals surface area (Å²) >= 11 is 3.06. The van der Waals surface area contributed by atoms with Gasteiger partial charge in [-0.25, -0.2) is 0 Å². The first-order valence-corrected chi connectivity index (χ1v) is 6.54. The van der Waals surface area contributed by atoms with E-state index in [0.717, 1.165) is 0 Å². The van der Waals surface area contributed by atoms with E-state index in [1.165, 1.54) is 32.2 Å². The predicted octanol–water partition coefficient (Wildman–Crippen LogP) is 1.57. The van der Waals surface area contributed by atoms with Gasteiger partial charge in [0.05, 0.1) is 12.0 Å². The van der Waals surface area contributed by atoms with Gasteiger partial charge in [-0.05, 0) is 13.0 Å². The molecule has 0 heterocycles. The van der Waals surface area contributed by atoms with Gasteiger partial charge < -0.3 is 10.1 Å². The van der Waals surface area contributed by atoms with Crippen molar-refractivity contribution in [1.29, 1.82) is 0 Å². The highest BCUT2D eigenvalue weighted by Crippen LogP contribution is 2.20. The van der Waals surface area contributed by atoms with Crippen molar-refractivity contribution in [2.75, 3.05) is 13.7 Å². The summed E-state index contributed by atoms with van der Waals surface area (Å²) in [4.78, 5) is 32.7. The van der Waals surface area contributed by atoms with E-state index in [-0.39, 0.29) is 23.4 Å². The number of carbonyl (C=O) groups is 2. The molecule has 0 aliphatic rings. The lowest BCUT2D eigenvalue weighted by Crippen LogP contribution is -2.34. The number of halogens is 1. The van der Waals surface area contributed by atoms with Gasteiger partial charge in [0.15, 0.2) is 0 Å². The van der Waals surface area contributed by atoms with Gasteiger partial charge >= 0.3 is 5.97 Å². The fourth-order valence-corrected chi connectivity index (χ4v) is 1.90. The summed E-state index contributed by atoms with van der Waals surface area (Å²) in [5.74, 6) is -0.999. The van der Waals surface area contributed by atoms with Crippen LogP contribution in [-0.4, -0.2) is 35.3 Å². The Morgan fingerprint density at radius 3 is 2.70 bits per heavy atom. The van der Waals surface area contributed by atoms with Gasteiger partial charge in [0.2, 0.25) is 0 Å². The lowest BCUT2D eigenvalue weighted by atomic mass is 10.1. The Kier molecular flexibility index (Phi) is 5.63. The average molecular weight is 345 g/mol. The first-order valence-electron chi connectivity index (χ1n) is 5.62. The van der Waals surface area contributed by atoms with Crippen LogP contribution in [0.5, 0.6) is 0 Å². The number of carbonyl (C=O) groups excluding carboxylic acids is 2. The minimum absolute atomic E-state index is 0.0215. The third kappa shape index (κ3) is 3.77. The number of rotatable bonds is 5. The lowest BCUT2D eigenvalue weighted by Gasteiger charge is -2.10. The standard InChI is InChI=1S/C12H13BrN2O5/c1-7-8(4-3-5-10(7)15(18)19)11(16)14-6-9(13)12(17)20-2/h3-5,9H,6H2,1-2H3,(H,14,16). The Morgan fingerprint density at radius 2 is 2.15 bits per heavy atom. The Labute approximate surface area is 123 Å². The van der Waals surface area contributed by atoms with E-state index in [0.29, 0.717) is 0 Å². The number of benzene rings is 1. The molecule has 1 N–H and O–H groups in total. The van der Waals surface area contributed by atoms with Gasteiger partial charge in [-0.1, -0.05) is 22.0 Å². The lowest BCUT2D eigenvalue weighted by molar-refractivity contribution is -0.385. The van der Waals surface area contributed by atoms with E-state index in [1.807, 2.05) is 0 Å². The van der Waals surface area contributed by atoms with Crippen molar-refractivity contribution >= 4 is 33.5 Å². The summed E-state index contributed by atoms with van der Waals surface area (Å²) in [5.41, 5.74) is 0.351. The van der Waals surface area contributed by atoms with Crippen LogP contribution in [0.15, 0.2) is 18.2 Å². The predicted molar refractivity (Wildman–Crippen MR) is 74.9 cm³/mol. The van der Waals surface area contributed by atoms with Gasteiger partial charge in [0, 0.05) is 23.7 Å². The van der Waals surface area contributed by atoms with Crippen LogP contribution in [0.25, 0.3) is 0 Å². The van der Waals surface area contributed by atoms with Crippen LogP contribution in [0, 0.1) is 17.0 Å². The number of nitrogens with one attached hydrogen (secondary N) is 1. The Hall–Kier alpha value is -1.96. The third-order valence-corrected chi connectivity index (χ3v) is 3.34. The van der Waals surface area contributed by atoms with Gasteiger partial charge in [-0.15, -0.1) is 0 Å². The maximum atomic E-state index is 11.9. The number of methoxy groups -OCH3 is 1. The molecule has 0 bridgehead atoms. The SMILES string of the molecule is COC(=O)C(Br)CNC(=O)c1cccc([N+](=O)[O-])c1C. The summed E-state index contributed by atoms with van der Waals surface area (Å²) in [6, 6.07) is 4.25. The van der Waals surface area contributed by atoms with E-state index < -0.39 is 21.6 Å². The van der Waals surface area contributed by atoms with E-state index >= 15 is 0 Å². The molecule has 0 radical (unpaired) electrons. The minimum Gasteiger partial charge on any atom is -0.468 e. The number of ether oxygens (including phenoxy) is 1. The highest BCUT2D eigenvalue weighted by Gasteiger charge is 2.20. The van der Waals surface area contributed by atoms with Crippen LogP contribution < -0.4 is 5.32 Å². The molecule has 0 aliphatic carbocycles. The van der Waals surface area contributed by atoms with E-state index in [1.54, 1.807) is 0 Å². The van der Waals surface area contributed by atoms with E-state index in [9.17, 15) is 19.7 Å². The second-order valence-corrected chi connectivity index (χ2v) is 5.01. The van der Waals surface area contributed by atoms with E-state index in [2.05, 4.69) is 26.0 Å². The Morgan fingerprint density at radius 1 is 1.50 bits per heavy atom. The fourth-order valence-electron chi connectivity index (χ4n) is 1.56. The largest absolute Gasteiger partial charge is 0.468 e. The van der Waals surface area contributed by atoms with Crippen molar-refractivity contribution in [3.8, 4) is 0 Å². The maximum Gasteiger partial charge on any atom is 0.321 e. The number of nitro benzene ring substituents is 1. The van der Waals surface area contributed by atoms with Crippen molar-refractivity contribution in [2.45, 2.75) is 11.8 Å². The van der Waals surface area contributed by atoms with Gasteiger partial charge in [0.25, 0.3) is 11.6 Å². The molecule has 0 spiro atoms. The maximum absolute atomic E-state index is 11.9. The van der Waals surface area contributed by atoms with Crippen molar-refractivity contribution < 1.29 is 19.2 Å². The van der Waals surface area contributed by atoms with Crippen LogP contribution in [0.1, 0.15) is 15.9 Å². The number of hydrogen-bond donors (Lipinski definition) is 1. The second kappa shape index (κ2) is 6.99. The molecule has 1 rings (SSSR count). The average Bonchev–Trinajstić information content (AvgIpc) is 2.43. The number of amides is 1. The number of esters is 1. The first-order chi connectivity index (χ1) is 9.38. The van der Waals surface area contributed by atoms with Gasteiger partial charge in [-0.3, -0.25) is 19.7 Å². The van der Waals surface area contributed by atoms with Gasteiger partial charge in [0.1, 0.15) is 4.83 Å². The molecule has 0 fully saturated rings. The molecular formula is C12H13BrN2O5. The van der Waals surface area contributed by atoms with Crippen LogP contribution in [-0.2, 0) is 9.53 Å². The first kappa shape index (κ1) is 16.1. The normalized spacial score (nSPS) is 11.6. The highest BCUT2D eigenvalue weighted by atomic mass is 79.9. The number of alkyl halides is 1. The number of nitrogens with zero attached hydrogens (tertiary/aromatic N) is 1.